The van der Waals surface area contributed by atoms with Crippen LogP contribution in [0.2, 0.25) is 5.02 Å². The molecule has 2 amide bonds. The molecule has 0 saturated carbocycles. The average Bonchev–Trinajstić information content (AvgIpc) is 2.67. The van der Waals surface area contributed by atoms with Crippen molar-refractivity contribution in [3.8, 4) is 11.5 Å². The molecule has 1 N–H and O–H groups in total. The van der Waals surface area contributed by atoms with Gasteiger partial charge in [0.2, 0.25) is 11.8 Å². The highest BCUT2D eigenvalue weighted by Crippen LogP contribution is 2.38. The fraction of sp³-hybridized carbons (Fsp3) is 0.474. The summed E-state index contributed by atoms with van der Waals surface area (Å²) in [5.41, 5.74) is 0.806. The third-order valence-corrected chi connectivity index (χ3v) is 4.83. The number of carbonyl (C=O) groups excluding carboxylic acids is 2. The lowest BCUT2D eigenvalue weighted by molar-refractivity contribution is -0.132. The summed E-state index contributed by atoms with van der Waals surface area (Å²) in [6.07, 6.45) is 1.91. The van der Waals surface area contributed by atoms with Gasteiger partial charge < -0.3 is 19.7 Å². The van der Waals surface area contributed by atoms with Gasteiger partial charge in [0.15, 0.2) is 11.5 Å². The lowest BCUT2D eigenvalue weighted by atomic mass is 10.1. The van der Waals surface area contributed by atoms with E-state index in [1.165, 1.54) is 0 Å². The van der Waals surface area contributed by atoms with E-state index in [0.717, 1.165) is 5.56 Å². The van der Waals surface area contributed by atoms with E-state index >= 15 is 0 Å². The van der Waals surface area contributed by atoms with Gasteiger partial charge in [-0.1, -0.05) is 17.7 Å². The van der Waals surface area contributed by atoms with Gasteiger partial charge in [-0.3, -0.25) is 14.5 Å². The summed E-state index contributed by atoms with van der Waals surface area (Å²) in [7, 11) is 0. The van der Waals surface area contributed by atoms with Crippen LogP contribution in [0.1, 0.15) is 5.56 Å². The minimum Gasteiger partial charge on any atom is -0.486 e. The third-order valence-electron chi connectivity index (χ3n) is 4.55. The molecule has 0 aromatic heterocycles. The second-order valence-corrected chi connectivity index (χ2v) is 6.94. The Kier molecular flexibility index (Phi) is 6.58. The molecular formula is C19H24ClN3O4. The van der Waals surface area contributed by atoms with Crippen LogP contribution in [-0.2, 0) is 16.0 Å². The first-order valence-corrected chi connectivity index (χ1v) is 9.40. The Hall–Kier alpha value is -2.25. The lowest BCUT2D eigenvalue weighted by Gasteiger charge is -2.34. The smallest absolute Gasteiger partial charge is 0.234 e. The van der Waals surface area contributed by atoms with Gasteiger partial charge in [0.05, 0.1) is 18.0 Å². The van der Waals surface area contributed by atoms with E-state index in [1.54, 1.807) is 12.1 Å². The van der Waals surface area contributed by atoms with Crippen LogP contribution in [-0.4, -0.2) is 74.1 Å². The number of fused-ring (bicyclic) bond motifs is 1. The van der Waals surface area contributed by atoms with Crippen molar-refractivity contribution < 1.29 is 19.1 Å². The van der Waals surface area contributed by atoms with Crippen molar-refractivity contribution in [3.63, 3.8) is 0 Å². The summed E-state index contributed by atoms with van der Waals surface area (Å²) < 4.78 is 11.1. The number of amides is 2. The van der Waals surface area contributed by atoms with Crippen molar-refractivity contribution in [1.82, 2.24) is 15.1 Å². The zero-order valence-corrected chi connectivity index (χ0v) is 16.0. The standard InChI is InChI=1S/C19H24ClN3O4/c1-2-3-21-17(24)13-22-4-6-23(7-5-22)18(25)12-14-10-15(20)19-16(11-14)26-8-9-27-19/h2,10-11H,1,3-9,12-13H2,(H,21,24). The van der Waals surface area contributed by atoms with Crippen LogP contribution in [0, 0.1) is 0 Å². The topological polar surface area (TPSA) is 71.1 Å². The average molecular weight is 394 g/mol. The van der Waals surface area contributed by atoms with E-state index in [1.807, 2.05) is 15.9 Å². The van der Waals surface area contributed by atoms with Crippen LogP contribution in [0.15, 0.2) is 24.8 Å². The molecule has 27 heavy (non-hydrogen) atoms. The molecule has 1 aromatic rings. The Bertz CT molecular complexity index is 717. The summed E-state index contributed by atoms with van der Waals surface area (Å²) in [4.78, 5) is 28.2. The van der Waals surface area contributed by atoms with E-state index in [2.05, 4.69) is 11.9 Å². The first kappa shape index (κ1) is 19.5. The number of hydrogen-bond donors (Lipinski definition) is 1. The van der Waals surface area contributed by atoms with Crippen molar-refractivity contribution in [1.29, 1.82) is 0 Å². The molecule has 3 rings (SSSR count). The Labute approximate surface area is 163 Å². The maximum absolute atomic E-state index is 12.6. The molecule has 1 saturated heterocycles. The lowest BCUT2D eigenvalue weighted by Crippen LogP contribution is -2.51. The van der Waals surface area contributed by atoms with Gasteiger partial charge >= 0.3 is 0 Å². The van der Waals surface area contributed by atoms with Crippen LogP contribution in [0.3, 0.4) is 0 Å². The third kappa shape index (κ3) is 5.14. The summed E-state index contributed by atoms with van der Waals surface area (Å²) in [5.74, 6) is 1.15. The molecule has 2 aliphatic rings. The van der Waals surface area contributed by atoms with Gasteiger partial charge in [-0.2, -0.15) is 0 Å². The molecule has 2 aliphatic heterocycles. The van der Waals surface area contributed by atoms with Crippen molar-refractivity contribution in [2.75, 3.05) is 52.5 Å². The quantitative estimate of drug-likeness (QED) is 0.733. The van der Waals surface area contributed by atoms with Gasteiger partial charge in [-0.25, -0.2) is 0 Å². The molecule has 2 heterocycles. The SMILES string of the molecule is C=CCNC(=O)CN1CCN(C(=O)Cc2cc(Cl)c3c(c2)OCCO3)CC1. The number of carbonyl (C=O) groups is 2. The van der Waals surface area contributed by atoms with Crippen LogP contribution in [0.4, 0.5) is 0 Å². The Morgan fingerprint density at radius 1 is 1.19 bits per heavy atom. The Morgan fingerprint density at radius 3 is 2.67 bits per heavy atom. The molecule has 1 aromatic carbocycles. The van der Waals surface area contributed by atoms with E-state index in [4.69, 9.17) is 21.1 Å². The minimum atomic E-state index is -0.0272. The van der Waals surface area contributed by atoms with E-state index < -0.39 is 0 Å². The van der Waals surface area contributed by atoms with Gasteiger partial charge in [0.25, 0.3) is 0 Å². The van der Waals surface area contributed by atoms with Crippen LogP contribution < -0.4 is 14.8 Å². The maximum atomic E-state index is 12.6. The number of ether oxygens (including phenoxy) is 2. The van der Waals surface area contributed by atoms with Crippen molar-refractivity contribution in [3.05, 3.63) is 35.4 Å². The molecule has 1 fully saturated rings. The van der Waals surface area contributed by atoms with Crippen molar-refractivity contribution in [2.24, 2.45) is 0 Å². The normalized spacial score (nSPS) is 16.7. The second kappa shape index (κ2) is 9.10. The van der Waals surface area contributed by atoms with E-state index in [-0.39, 0.29) is 18.2 Å². The van der Waals surface area contributed by atoms with Crippen LogP contribution in [0.5, 0.6) is 11.5 Å². The number of hydrogen-bond acceptors (Lipinski definition) is 5. The van der Waals surface area contributed by atoms with E-state index in [9.17, 15) is 9.59 Å². The maximum Gasteiger partial charge on any atom is 0.234 e. The van der Waals surface area contributed by atoms with E-state index in [0.29, 0.717) is 69.0 Å². The van der Waals surface area contributed by atoms with Gasteiger partial charge in [0, 0.05) is 32.7 Å². The summed E-state index contributed by atoms with van der Waals surface area (Å²) in [6, 6.07) is 3.58. The monoisotopic (exact) mass is 393 g/mol. The molecule has 0 atom stereocenters. The molecule has 0 bridgehead atoms. The molecule has 0 radical (unpaired) electrons. The number of halogens is 1. The number of nitrogens with zero attached hydrogens (tertiary/aromatic N) is 2. The van der Waals surface area contributed by atoms with Crippen molar-refractivity contribution >= 4 is 23.4 Å². The predicted octanol–water partition coefficient (Wildman–Crippen LogP) is 1.10. The highest BCUT2D eigenvalue weighted by Gasteiger charge is 2.23. The van der Waals surface area contributed by atoms with Gasteiger partial charge in [-0.15, -0.1) is 6.58 Å². The molecule has 0 spiro atoms. The zero-order valence-electron chi connectivity index (χ0n) is 15.2. The minimum absolute atomic E-state index is 0.0272. The molecule has 146 valence electrons. The second-order valence-electron chi connectivity index (χ2n) is 6.53. The fourth-order valence-electron chi connectivity index (χ4n) is 3.15. The summed E-state index contributed by atoms with van der Waals surface area (Å²) in [5, 5.41) is 3.23. The highest BCUT2D eigenvalue weighted by atomic mass is 35.5. The molecule has 0 aliphatic carbocycles. The molecule has 7 nitrogen and oxygen atoms in total. The molecular weight excluding hydrogens is 370 g/mol. The number of rotatable bonds is 6. The Morgan fingerprint density at radius 2 is 1.93 bits per heavy atom. The first-order chi connectivity index (χ1) is 13.1. The van der Waals surface area contributed by atoms with Crippen molar-refractivity contribution in [2.45, 2.75) is 6.42 Å². The highest BCUT2D eigenvalue weighted by molar-refractivity contribution is 6.32. The molecule has 8 heteroatoms. The van der Waals surface area contributed by atoms with Crippen LogP contribution >= 0.6 is 11.6 Å². The summed E-state index contributed by atoms with van der Waals surface area (Å²) in [6.45, 7) is 7.89. The van der Waals surface area contributed by atoms with Crippen LogP contribution in [0.25, 0.3) is 0 Å². The molecule has 0 unspecified atom stereocenters. The summed E-state index contributed by atoms with van der Waals surface area (Å²) >= 11 is 6.24. The largest absolute Gasteiger partial charge is 0.486 e. The number of benzene rings is 1. The van der Waals surface area contributed by atoms with Gasteiger partial charge in [-0.05, 0) is 17.7 Å². The zero-order chi connectivity index (χ0) is 19.2. The first-order valence-electron chi connectivity index (χ1n) is 9.02. The fourth-order valence-corrected chi connectivity index (χ4v) is 3.44. The Balaban J connectivity index is 1.50. The predicted molar refractivity (Wildman–Crippen MR) is 102 cm³/mol. The number of nitrogens with one attached hydrogen (secondary N) is 1. The van der Waals surface area contributed by atoms with Gasteiger partial charge in [0.1, 0.15) is 13.2 Å². The number of piperazine rings is 1.